The Kier molecular flexibility index (Phi) is 3.25. The molecule has 0 aliphatic heterocycles. The van der Waals surface area contributed by atoms with Gasteiger partial charge >= 0.3 is 11.0 Å². The van der Waals surface area contributed by atoms with Gasteiger partial charge in [0.1, 0.15) is 5.69 Å². The van der Waals surface area contributed by atoms with E-state index in [9.17, 15) is 19.7 Å². The minimum atomic E-state index is -1.21. The monoisotopic (exact) mass is 282 g/mol. The molecule has 10 heteroatoms. The number of nitro groups is 1. The second-order valence-electron chi connectivity index (χ2n) is 3.32. The average molecular weight is 282 g/mol. The lowest BCUT2D eigenvalue weighted by Crippen LogP contribution is -2.10. The zero-order chi connectivity index (χ0) is 14.0. The standard InChI is InChI=1S/C9H6N4O5S/c14-8(5-1-2-7(19-5)13(17)18)10-6-3-4(9(15)16)11-12-6/h1-3H,(H,15,16)(H2,10,11,12,14). The van der Waals surface area contributed by atoms with Gasteiger partial charge in [-0.25, -0.2) is 4.79 Å². The van der Waals surface area contributed by atoms with Crippen molar-refractivity contribution in [3.8, 4) is 0 Å². The summed E-state index contributed by atoms with van der Waals surface area (Å²) in [6, 6.07) is 3.66. The number of hydrogen-bond donors (Lipinski definition) is 3. The van der Waals surface area contributed by atoms with Gasteiger partial charge in [-0.3, -0.25) is 20.0 Å². The first-order chi connectivity index (χ1) is 8.97. The van der Waals surface area contributed by atoms with Crippen LogP contribution >= 0.6 is 11.3 Å². The van der Waals surface area contributed by atoms with Gasteiger partial charge in [-0.15, -0.1) is 0 Å². The van der Waals surface area contributed by atoms with Crippen molar-refractivity contribution in [3.63, 3.8) is 0 Å². The van der Waals surface area contributed by atoms with E-state index < -0.39 is 16.8 Å². The van der Waals surface area contributed by atoms with E-state index in [-0.39, 0.29) is 21.4 Å². The number of hydrogen-bond acceptors (Lipinski definition) is 6. The summed E-state index contributed by atoms with van der Waals surface area (Å²) in [6.07, 6.45) is 0. The van der Waals surface area contributed by atoms with Gasteiger partial charge in [0.05, 0.1) is 9.80 Å². The number of thiophene rings is 1. The summed E-state index contributed by atoms with van der Waals surface area (Å²) in [4.78, 5) is 32.3. The molecule has 0 bridgehead atoms. The van der Waals surface area contributed by atoms with Crippen LogP contribution in [-0.2, 0) is 0 Å². The van der Waals surface area contributed by atoms with Crippen molar-refractivity contribution in [3.05, 3.63) is 38.9 Å². The molecule has 0 saturated heterocycles. The average Bonchev–Trinajstić information content (AvgIpc) is 2.96. The maximum Gasteiger partial charge on any atom is 0.353 e. The summed E-state index contributed by atoms with van der Waals surface area (Å²) < 4.78 is 0. The molecular weight excluding hydrogens is 276 g/mol. The Morgan fingerprint density at radius 2 is 2.21 bits per heavy atom. The second kappa shape index (κ2) is 4.86. The quantitative estimate of drug-likeness (QED) is 0.571. The number of nitrogens with one attached hydrogen (secondary N) is 2. The second-order valence-corrected chi connectivity index (χ2v) is 4.38. The highest BCUT2D eigenvalue weighted by Gasteiger charge is 2.16. The first-order valence-corrected chi connectivity index (χ1v) is 5.63. The van der Waals surface area contributed by atoms with Gasteiger partial charge in [-0.1, -0.05) is 11.3 Å². The fourth-order valence-corrected chi connectivity index (χ4v) is 1.94. The van der Waals surface area contributed by atoms with Crippen molar-refractivity contribution in [2.45, 2.75) is 0 Å². The summed E-state index contributed by atoms with van der Waals surface area (Å²) in [7, 11) is 0. The Bertz CT molecular complexity index is 661. The highest BCUT2D eigenvalue weighted by atomic mass is 32.1. The lowest BCUT2D eigenvalue weighted by atomic mass is 10.4. The molecule has 9 nitrogen and oxygen atoms in total. The number of carbonyl (C=O) groups is 2. The van der Waals surface area contributed by atoms with E-state index in [4.69, 9.17) is 5.11 Å². The highest BCUT2D eigenvalue weighted by Crippen LogP contribution is 2.24. The number of aromatic nitrogens is 2. The molecule has 3 N–H and O–H groups in total. The smallest absolute Gasteiger partial charge is 0.353 e. The molecule has 2 aromatic rings. The van der Waals surface area contributed by atoms with Gasteiger partial charge in [0.2, 0.25) is 0 Å². The largest absolute Gasteiger partial charge is 0.477 e. The van der Waals surface area contributed by atoms with Crippen molar-refractivity contribution < 1.29 is 19.6 Å². The fraction of sp³-hybridized carbons (Fsp3) is 0. The van der Waals surface area contributed by atoms with E-state index in [1.165, 1.54) is 12.1 Å². The maximum absolute atomic E-state index is 11.7. The van der Waals surface area contributed by atoms with E-state index in [2.05, 4.69) is 15.5 Å². The van der Waals surface area contributed by atoms with Crippen molar-refractivity contribution in [2.24, 2.45) is 0 Å². The molecule has 19 heavy (non-hydrogen) atoms. The van der Waals surface area contributed by atoms with E-state index >= 15 is 0 Å². The Balaban J connectivity index is 2.11. The number of anilines is 1. The Morgan fingerprint density at radius 1 is 1.47 bits per heavy atom. The Morgan fingerprint density at radius 3 is 2.74 bits per heavy atom. The minimum Gasteiger partial charge on any atom is -0.477 e. The van der Waals surface area contributed by atoms with Crippen LogP contribution < -0.4 is 5.32 Å². The molecule has 0 atom stereocenters. The third-order valence-electron chi connectivity index (χ3n) is 2.05. The van der Waals surface area contributed by atoms with Crippen LogP contribution in [0.15, 0.2) is 18.2 Å². The van der Waals surface area contributed by atoms with E-state index in [1.807, 2.05) is 0 Å². The van der Waals surface area contributed by atoms with Crippen LogP contribution in [-0.4, -0.2) is 32.1 Å². The first-order valence-electron chi connectivity index (χ1n) is 4.81. The third kappa shape index (κ3) is 2.74. The summed E-state index contributed by atoms with van der Waals surface area (Å²) in [6.45, 7) is 0. The normalized spacial score (nSPS) is 10.1. The van der Waals surface area contributed by atoms with Crippen molar-refractivity contribution in [1.29, 1.82) is 0 Å². The maximum atomic E-state index is 11.7. The van der Waals surface area contributed by atoms with E-state index in [0.29, 0.717) is 11.3 Å². The number of aromatic carboxylic acids is 1. The molecule has 0 unspecified atom stereocenters. The van der Waals surface area contributed by atoms with Crippen molar-refractivity contribution >= 4 is 34.0 Å². The van der Waals surface area contributed by atoms with Crippen molar-refractivity contribution in [1.82, 2.24) is 10.2 Å². The van der Waals surface area contributed by atoms with Crippen LogP contribution in [0.1, 0.15) is 20.2 Å². The first kappa shape index (κ1) is 12.7. The van der Waals surface area contributed by atoms with Crippen LogP contribution in [0.5, 0.6) is 0 Å². The fourth-order valence-electron chi connectivity index (χ4n) is 1.22. The van der Waals surface area contributed by atoms with Gasteiger partial charge in [0.25, 0.3) is 5.91 Å². The SMILES string of the molecule is O=C(O)c1cc(NC(=O)c2ccc([N+](=O)[O-])s2)n[nH]1. The van der Waals surface area contributed by atoms with E-state index in [1.54, 1.807) is 0 Å². The topological polar surface area (TPSA) is 138 Å². The highest BCUT2D eigenvalue weighted by molar-refractivity contribution is 7.17. The number of nitrogens with zero attached hydrogens (tertiary/aromatic N) is 2. The van der Waals surface area contributed by atoms with Gasteiger partial charge in [0.15, 0.2) is 5.82 Å². The number of carboxylic acid groups (broad SMARTS) is 1. The van der Waals surface area contributed by atoms with Crippen LogP contribution in [0, 0.1) is 10.1 Å². The van der Waals surface area contributed by atoms with Gasteiger partial charge < -0.3 is 10.4 Å². The Labute approximate surface area is 109 Å². The molecule has 0 aromatic carbocycles. The molecule has 0 fully saturated rings. The molecule has 1 amide bonds. The van der Waals surface area contributed by atoms with Gasteiger partial charge in [0, 0.05) is 12.1 Å². The summed E-state index contributed by atoms with van der Waals surface area (Å²) in [5.41, 5.74) is -0.174. The third-order valence-corrected chi connectivity index (χ3v) is 3.08. The summed E-state index contributed by atoms with van der Waals surface area (Å²) in [5.74, 6) is -1.78. The molecule has 2 heterocycles. The van der Waals surface area contributed by atoms with Crippen LogP contribution in [0.25, 0.3) is 0 Å². The lowest BCUT2D eigenvalue weighted by Gasteiger charge is -1.96. The predicted molar refractivity (Wildman–Crippen MR) is 64.5 cm³/mol. The minimum absolute atomic E-state index is 0.0263. The molecule has 0 saturated carbocycles. The number of rotatable bonds is 4. The molecule has 0 radical (unpaired) electrons. The number of H-pyrrole nitrogens is 1. The van der Waals surface area contributed by atoms with Gasteiger partial charge in [-0.2, -0.15) is 5.10 Å². The van der Waals surface area contributed by atoms with Gasteiger partial charge in [-0.05, 0) is 6.07 Å². The Hall–Kier alpha value is -2.75. The van der Waals surface area contributed by atoms with Crippen LogP contribution in [0.3, 0.4) is 0 Å². The number of amides is 1. The molecular formula is C9H6N4O5S. The summed E-state index contributed by atoms with van der Waals surface area (Å²) in [5, 5.41) is 27.1. The lowest BCUT2D eigenvalue weighted by molar-refractivity contribution is -0.380. The van der Waals surface area contributed by atoms with Crippen molar-refractivity contribution in [2.75, 3.05) is 5.32 Å². The summed E-state index contributed by atoms with van der Waals surface area (Å²) >= 11 is 0.716. The number of carbonyl (C=O) groups excluding carboxylic acids is 1. The number of aromatic amines is 1. The van der Waals surface area contributed by atoms with E-state index in [0.717, 1.165) is 6.07 Å². The predicted octanol–water partition coefficient (Wildman–Crippen LogP) is 1.33. The molecule has 2 aromatic heterocycles. The molecule has 0 spiro atoms. The zero-order valence-corrected chi connectivity index (χ0v) is 9.93. The molecule has 2 rings (SSSR count). The van der Waals surface area contributed by atoms with Crippen LogP contribution in [0.4, 0.5) is 10.8 Å². The number of carboxylic acids is 1. The molecule has 0 aliphatic rings. The molecule has 0 aliphatic carbocycles. The zero-order valence-electron chi connectivity index (χ0n) is 9.11. The van der Waals surface area contributed by atoms with Crippen LogP contribution in [0.2, 0.25) is 0 Å². The molecule has 98 valence electrons.